The van der Waals surface area contributed by atoms with Crippen LogP contribution in [0.15, 0.2) is 42.5 Å². The predicted molar refractivity (Wildman–Crippen MR) is 115 cm³/mol. The number of ether oxygens (including phenoxy) is 1. The number of fused-ring (bicyclic) bond motifs is 4. The Morgan fingerprint density at radius 2 is 1.93 bits per heavy atom. The zero-order valence-corrected chi connectivity index (χ0v) is 17.8. The number of benzene rings is 2. The van der Waals surface area contributed by atoms with Crippen molar-refractivity contribution in [3.63, 3.8) is 0 Å². The highest BCUT2D eigenvalue weighted by molar-refractivity contribution is 7.80. The summed E-state index contributed by atoms with van der Waals surface area (Å²) < 4.78 is 6.51. The Kier molecular flexibility index (Phi) is 4.51. The third-order valence-electron chi connectivity index (χ3n) is 5.45. The Balaban J connectivity index is 1.91. The highest BCUT2D eigenvalue weighted by Gasteiger charge is 2.59. The summed E-state index contributed by atoms with van der Waals surface area (Å²) in [6.07, 6.45) is 0. The number of hydrogen-bond donors (Lipinski definition) is 1. The lowest BCUT2D eigenvalue weighted by Gasteiger charge is -2.56. The van der Waals surface area contributed by atoms with Gasteiger partial charge in [-0.2, -0.15) is 0 Å². The second kappa shape index (κ2) is 6.64. The Morgan fingerprint density at radius 3 is 2.57 bits per heavy atom. The van der Waals surface area contributed by atoms with Crippen LogP contribution in [0.2, 0.25) is 5.02 Å². The molecule has 0 radical (unpaired) electrons. The normalized spacial score (nSPS) is 25.5. The van der Waals surface area contributed by atoms with Crippen LogP contribution < -0.4 is 15.0 Å². The number of rotatable bonds is 2. The van der Waals surface area contributed by atoms with Crippen molar-refractivity contribution >= 4 is 40.5 Å². The predicted octanol–water partition coefficient (Wildman–Crippen LogP) is 3.90. The number of thiocarbonyl (C=S) groups is 1. The lowest BCUT2D eigenvalue weighted by atomic mass is 9.78. The quantitative estimate of drug-likeness (QED) is 0.754. The molecular weight excluding hydrogens is 394 g/mol. The summed E-state index contributed by atoms with van der Waals surface area (Å²) in [6, 6.07) is 13.1. The van der Waals surface area contributed by atoms with E-state index in [1.807, 2.05) is 43.0 Å². The maximum absolute atomic E-state index is 13.3. The fraction of sp³-hybridized carbons (Fsp3) is 0.333. The molecule has 0 aromatic heterocycles. The van der Waals surface area contributed by atoms with Crippen LogP contribution in [-0.4, -0.2) is 35.7 Å². The minimum atomic E-state index is -0.982. The van der Waals surface area contributed by atoms with E-state index in [1.54, 1.807) is 31.1 Å². The largest absolute Gasteiger partial charge is 0.467 e. The van der Waals surface area contributed by atoms with Gasteiger partial charge in [-0.25, -0.2) is 0 Å². The van der Waals surface area contributed by atoms with Gasteiger partial charge in [-0.3, -0.25) is 9.69 Å². The van der Waals surface area contributed by atoms with Gasteiger partial charge in [0.2, 0.25) is 5.91 Å². The van der Waals surface area contributed by atoms with Gasteiger partial charge in [0.05, 0.1) is 6.04 Å². The minimum absolute atomic E-state index is 0.0198. The molecule has 0 unspecified atom stereocenters. The van der Waals surface area contributed by atoms with Crippen molar-refractivity contribution in [3.05, 3.63) is 58.6 Å². The number of aryl methyl sites for hydroxylation is 1. The van der Waals surface area contributed by atoms with E-state index in [9.17, 15) is 4.79 Å². The molecular formula is C21H22ClN3O2S. The van der Waals surface area contributed by atoms with Gasteiger partial charge in [0.15, 0.2) is 10.8 Å². The average Bonchev–Trinajstić information content (AvgIpc) is 2.63. The molecule has 2 heterocycles. The van der Waals surface area contributed by atoms with E-state index in [4.69, 9.17) is 28.6 Å². The van der Waals surface area contributed by atoms with Gasteiger partial charge < -0.3 is 15.0 Å². The maximum atomic E-state index is 13.3. The molecule has 146 valence electrons. The van der Waals surface area contributed by atoms with Crippen molar-refractivity contribution in [1.82, 2.24) is 10.2 Å². The highest BCUT2D eigenvalue weighted by atomic mass is 35.5. The Bertz CT molecular complexity index is 963. The Hall–Kier alpha value is -2.31. The summed E-state index contributed by atoms with van der Waals surface area (Å²) in [5.74, 6) is 0.252. The molecule has 2 aliphatic rings. The number of carbonyl (C=O) groups excluding carboxylic acids is 1. The first kappa shape index (κ1) is 19.0. The van der Waals surface area contributed by atoms with Crippen molar-refractivity contribution in [2.75, 3.05) is 19.0 Å². The van der Waals surface area contributed by atoms with Crippen molar-refractivity contribution in [3.8, 4) is 5.75 Å². The number of anilines is 1. The van der Waals surface area contributed by atoms with Crippen molar-refractivity contribution in [1.29, 1.82) is 0 Å². The van der Waals surface area contributed by atoms with E-state index < -0.39 is 11.6 Å². The summed E-state index contributed by atoms with van der Waals surface area (Å²) in [5, 5.41) is 4.55. The molecule has 2 aromatic carbocycles. The molecule has 1 amide bonds. The molecule has 2 aliphatic heterocycles. The fourth-order valence-electron chi connectivity index (χ4n) is 4.14. The summed E-state index contributed by atoms with van der Waals surface area (Å²) in [4.78, 5) is 16.8. The zero-order chi connectivity index (χ0) is 20.2. The van der Waals surface area contributed by atoms with E-state index >= 15 is 0 Å². The van der Waals surface area contributed by atoms with Crippen LogP contribution in [0.3, 0.4) is 0 Å². The SMILES string of the molecule is Cc1ccc2c(c1)[C@H]1NC(=S)N(c3ccc(Cl)cc3)[C@@](C)(O2)[C@@H]1C(=O)N(C)C. The molecule has 0 saturated carbocycles. The van der Waals surface area contributed by atoms with Crippen LogP contribution >= 0.6 is 23.8 Å². The van der Waals surface area contributed by atoms with Crippen molar-refractivity contribution in [2.45, 2.75) is 25.6 Å². The summed E-state index contributed by atoms with van der Waals surface area (Å²) in [6.45, 7) is 3.95. The summed E-state index contributed by atoms with van der Waals surface area (Å²) in [7, 11) is 3.52. The standard InChI is InChI=1S/C21H22ClN3O2S/c1-12-5-10-16-15(11-12)18-17(19(26)24(3)4)21(2,27-16)25(20(28)23-18)14-8-6-13(22)7-9-14/h5-11,17-18H,1-4H3,(H,23,28)/t17-,18+,21-/m0/s1. The average molecular weight is 416 g/mol. The van der Waals surface area contributed by atoms with E-state index in [-0.39, 0.29) is 11.9 Å². The molecule has 1 saturated heterocycles. The van der Waals surface area contributed by atoms with Crippen LogP contribution in [0, 0.1) is 12.8 Å². The van der Waals surface area contributed by atoms with E-state index in [0.717, 1.165) is 22.6 Å². The molecule has 5 nitrogen and oxygen atoms in total. The molecule has 2 bridgehead atoms. The lowest BCUT2D eigenvalue weighted by molar-refractivity contribution is -0.144. The van der Waals surface area contributed by atoms with Crippen LogP contribution in [0.25, 0.3) is 0 Å². The molecule has 0 aliphatic carbocycles. The number of hydrogen-bond acceptors (Lipinski definition) is 3. The smallest absolute Gasteiger partial charge is 0.233 e. The number of carbonyl (C=O) groups is 1. The molecule has 2 aromatic rings. The topological polar surface area (TPSA) is 44.8 Å². The van der Waals surface area contributed by atoms with Gasteiger partial charge in [-0.05, 0) is 56.4 Å². The number of nitrogens with zero attached hydrogens (tertiary/aromatic N) is 2. The lowest BCUT2D eigenvalue weighted by Crippen LogP contribution is -2.72. The molecule has 1 N–H and O–H groups in total. The molecule has 0 spiro atoms. The first-order valence-corrected chi connectivity index (χ1v) is 9.88. The molecule has 4 rings (SSSR count). The number of halogens is 1. The van der Waals surface area contributed by atoms with Gasteiger partial charge in [0.25, 0.3) is 0 Å². The molecule has 28 heavy (non-hydrogen) atoms. The molecule has 7 heteroatoms. The van der Waals surface area contributed by atoms with E-state index in [0.29, 0.717) is 10.1 Å². The van der Waals surface area contributed by atoms with Gasteiger partial charge in [0, 0.05) is 30.4 Å². The molecule has 3 atom stereocenters. The van der Waals surface area contributed by atoms with Crippen LogP contribution in [-0.2, 0) is 4.79 Å². The van der Waals surface area contributed by atoms with Crippen LogP contribution in [0.1, 0.15) is 24.1 Å². The fourth-order valence-corrected chi connectivity index (χ4v) is 4.68. The number of nitrogens with one attached hydrogen (secondary N) is 1. The Labute approximate surface area is 175 Å². The van der Waals surface area contributed by atoms with Crippen molar-refractivity contribution in [2.24, 2.45) is 5.92 Å². The van der Waals surface area contributed by atoms with Crippen molar-refractivity contribution < 1.29 is 9.53 Å². The first-order valence-electron chi connectivity index (χ1n) is 9.09. The zero-order valence-electron chi connectivity index (χ0n) is 16.2. The van der Waals surface area contributed by atoms with E-state index in [2.05, 4.69) is 11.4 Å². The third kappa shape index (κ3) is 2.83. The van der Waals surface area contributed by atoms with Crippen LogP contribution in [0.5, 0.6) is 5.75 Å². The van der Waals surface area contributed by atoms with E-state index in [1.165, 1.54) is 0 Å². The third-order valence-corrected chi connectivity index (χ3v) is 6.00. The first-order chi connectivity index (χ1) is 13.2. The van der Waals surface area contributed by atoms with Gasteiger partial charge in [0.1, 0.15) is 11.7 Å². The number of amides is 1. The molecule has 1 fully saturated rings. The maximum Gasteiger partial charge on any atom is 0.233 e. The second-order valence-corrected chi connectivity index (χ2v) is 8.47. The van der Waals surface area contributed by atoms with Gasteiger partial charge >= 0.3 is 0 Å². The monoisotopic (exact) mass is 415 g/mol. The van der Waals surface area contributed by atoms with Gasteiger partial charge in [-0.15, -0.1) is 0 Å². The summed E-state index contributed by atoms with van der Waals surface area (Å²) in [5.41, 5.74) is 1.89. The summed E-state index contributed by atoms with van der Waals surface area (Å²) >= 11 is 11.8. The van der Waals surface area contributed by atoms with Crippen LogP contribution in [0.4, 0.5) is 5.69 Å². The highest BCUT2D eigenvalue weighted by Crippen LogP contribution is 2.50. The second-order valence-electron chi connectivity index (χ2n) is 7.65. The van der Waals surface area contributed by atoms with Gasteiger partial charge in [-0.1, -0.05) is 29.3 Å². The Morgan fingerprint density at radius 1 is 1.25 bits per heavy atom. The minimum Gasteiger partial charge on any atom is -0.467 e.